The van der Waals surface area contributed by atoms with Crippen molar-refractivity contribution < 1.29 is 4.74 Å². The van der Waals surface area contributed by atoms with Crippen molar-refractivity contribution in [2.75, 3.05) is 46.9 Å². The van der Waals surface area contributed by atoms with E-state index in [0.717, 1.165) is 49.4 Å². The first-order valence-electron chi connectivity index (χ1n) is 9.48. The van der Waals surface area contributed by atoms with Crippen LogP contribution in [0.5, 0.6) is 5.75 Å². The molecular formula is C20H34N4O. The topological polar surface area (TPSA) is 40.1 Å². The Morgan fingerprint density at radius 1 is 1.28 bits per heavy atom. The molecule has 0 bridgehead atoms. The van der Waals surface area contributed by atoms with Gasteiger partial charge in [-0.15, -0.1) is 0 Å². The van der Waals surface area contributed by atoms with E-state index in [9.17, 15) is 0 Å². The Hall–Kier alpha value is -1.75. The van der Waals surface area contributed by atoms with Crippen LogP contribution in [0.4, 0.5) is 0 Å². The van der Waals surface area contributed by atoms with Gasteiger partial charge in [-0.05, 0) is 45.8 Å². The van der Waals surface area contributed by atoms with Crippen LogP contribution in [0.15, 0.2) is 29.3 Å². The van der Waals surface area contributed by atoms with Gasteiger partial charge in [0, 0.05) is 31.7 Å². The number of hydrogen-bond donors (Lipinski definition) is 1. The molecule has 1 aromatic carbocycles. The van der Waals surface area contributed by atoms with E-state index >= 15 is 0 Å². The molecule has 5 nitrogen and oxygen atoms in total. The molecule has 1 N–H and O–H groups in total. The Bertz CT molecular complexity index is 536. The van der Waals surface area contributed by atoms with E-state index in [2.05, 4.69) is 55.2 Å². The van der Waals surface area contributed by atoms with E-state index in [-0.39, 0.29) is 0 Å². The highest BCUT2D eigenvalue weighted by Gasteiger charge is 2.18. The number of likely N-dealkylation sites (tertiary alicyclic amines) is 1. The van der Waals surface area contributed by atoms with Crippen molar-refractivity contribution in [3.05, 3.63) is 29.8 Å². The molecule has 25 heavy (non-hydrogen) atoms. The van der Waals surface area contributed by atoms with Gasteiger partial charge in [-0.2, -0.15) is 0 Å². The number of para-hydroxylation sites is 1. The van der Waals surface area contributed by atoms with Crippen LogP contribution in [0.1, 0.15) is 32.3 Å². The summed E-state index contributed by atoms with van der Waals surface area (Å²) in [6.07, 6.45) is 2.49. The third-order valence-corrected chi connectivity index (χ3v) is 4.59. The van der Waals surface area contributed by atoms with Gasteiger partial charge in [-0.1, -0.05) is 25.1 Å². The van der Waals surface area contributed by atoms with E-state index in [1.807, 2.05) is 12.1 Å². The van der Waals surface area contributed by atoms with Crippen LogP contribution in [-0.2, 0) is 6.54 Å². The standard InChI is InChI=1S/C20H34N4O/c1-5-21-20(24-12-10-17(2)11-13-24)22-16-18-8-6-7-9-19(18)25-15-14-23(3)4/h6-9,17H,5,10-16H2,1-4H3,(H,21,22). The molecule has 1 fully saturated rings. The maximum atomic E-state index is 5.95. The number of guanidine groups is 1. The van der Waals surface area contributed by atoms with Gasteiger partial charge in [0.1, 0.15) is 12.4 Å². The first kappa shape index (κ1) is 19.6. The lowest BCUT2D eigenvalue weighted by Crippen LogP contribution is -2.45. The quantitative estimate of drug-likeness (QED) is 0.609. The molecule has 0 atom stereocenters. The molecule has 0 radical (unpaired) electrons. The van der Waals surface area contributed by atoms with Crippen molar-refractivity contribution in [3.63, 3.8) is 0 Å². The average Bonchev–Trinajstić information content (AvgIpc) is 2.60. The van der Waals surface area contributed by atoms with Crippen LogP contribution < -0.4 is 10.1 Å². The number of nitrogens with zero attached hydrogens (tertiary/aromatic N) is 3. The molecule has 0 amide bonds. The number of aliphatic imine (C=N–C) groups is 1. The summed E-state index contributed by atoms with van der Waals surface area (Å²) in [6, 6.07) is 8.22. The number of likely N-dealkylation sites (N-methyl/N-ethyl adjacent to an activating group) is 1. The molecule has 0 saturated carbocycles. The van der Waals surface area contributed by atoms with Crippen LogP contribution in [0, 0.1) is 5.92 Å². The van der Waals surface area contributed by atoms with Crippen molar-refractivity contribution in [3.8, 4) is 5.75 Å². The Morgan fingerprint density at radius 2 is 2.00 bits per heavy atom. The largest absolute Gasteiger partial charge is 0.492 e. The summed E-state index contributed by atoms with van der Waals surface area (Å²) in [7, 11) is 4.11. The second kappa shape index (κ2) is 10.3. The molecule has 1 aromatic rings. The Balaban J connectivity index is 2.01. The van der Waals surface area contributed by atoms with Crippen LogP contribution in [0.3, 0.4) is 0 Å². The highest BCUT2D eigenvalue weighted by atomic mass is 16.5. The molecule has 1 aliphatic rings. The van der Waals surface area contributed by atoms with Crippen molar-refractivity contribution in [2.45, 2.75) is 33.2 Å². The number of hydrogen-bond acceptors (Lipinski definition) is 3. The van der Waals surface area contributed by atoms with E-state index in [4.69, 9.17) is 9.73 Å². The summed E-state index contributed by atoms with van der Waals surface area (Å²) in [5.74, 6) is 2.79. The fourth-order valence-electron chi connectivity index (χ4n) is 2.92. The van der Waals surface area contributed by atoms with Gasteiger partial charge in [0.2, 0.25) is 0 Å². The second-order valence-electron chi connectivity index (χ2n) is 7.10. The number of nitrogens with one attached hydrogen (secondary N) is 1. The Morgan fingerprint density at radius 3 is 2.68 bits per heavy atom. The minimum Gasteiger partial charge on any atom is -0.492 e. The Kier molecular flexibility index (Phi) is 8.06. The molecule has 2 rings (SSSR count). The van der Waals surface area contributed by atoms with Gasteiger partial charge in [-0.25, -0.2) is 4.99 Å². The van der Waals surface area contributed by atoms with Crippen molar-refractivity contribution in [2.24, 2.45) is 10.9 Å². The highest BCUT2D eigenvalue weighted by molar-refractivity contribution is 5.80. The third kappa shape index (κ3) is 6.58. The minimum atomic E-state index is 0.645. The van der Waals surface area contributed by atoms with Crippen LogP contribution in [-0.4, -0.2) is 62.6 Å². The molecule has 0 spiro atoms. The fraction of sp³-hybridized carbons (Fsp3) is 0.650. The zero-order valence-corrected chi connectivity index (χ0v) is 16.3. The van der Waals surface area contributed by atoms with E-state index in [1.54, 1.807) is 0 Å². The summed E-state index contributed by atoms with van der Waals surface area (Å²) in [5, 5.41) is 3.44. The lowest BCUT2D eigenvalue weighted by molar-refractivity contribution is 0.259. The summed E-state index contributed by atoms with van der Waals surface area (Å²) < 4.78 is 5.95. The molecular weight excluding hydrogens is 312 g/mol. The normalized spacial score (nSPS) is 16.4. The van der Waals surface area contributed by atoms with E-state index < -0.39 is 0 Å². The molecule has 5 heteroatoms. The summed E-state index contributed by atoms with van der Waals surface area (Å²) in [6.45, 7) is 9.79. The zero-order chi connectivity index (χ0) is 18.1. The highest BCUT2D eigenvalue weighted by Crippen LogP contribution is 2.20. The van der Waals surface area contributed by atoms with Gasteiger partial charge >= 0.3 is 0 Å². The Labute approximate surface area is 153 Å². The third-order valence-electron chi connectivity index (χ3n) is 4.59. The number of ether oxygens (including phenoxy) is 1. The fourth-order valence-corrected chi connectivity index (χ4v) is 2.92. The lowest BCUT2D eigenvalue weighted by Gasteiger charge is -2.33. The lowest BCUT2D eigenvalue weighted by atomic mass is 10.00. The average molecular weight is 347 g/mol. The number of piperidine rings is 1. The maximum Gasteiger partial charge on any atom is 0.194 e. The first-order valence-corrected chi connectivity index (χ1v) is 9.48. The molecule has 0 aliphatic carbocycles. The molecule has 0 aromatic heterocycles. The predicted molar refractivity (Wildman–Crippen MR) is 105 cm³/mol. The molecule has 0 unspecified atom stereocenters. The van der Waals surface area contributed by atoms with Crippen LogP contribution in [0.25, 0.3) is 0 Å². The van der Waals surface area contributed by atoms with Gasteiger partial charge in [0.05, 0.1) is 6.54 Å². The molecule has 1 aliphatic heterocycles. The zero-order valence-electron chi connectivity index (χ0n) is 16.3. The number of benzene rings is 1. The number of rotatable bonds is 7. The summed E-state index contributed by atoms with van der Waals surface area (Å²) in [4.78, 5) is 9.39. The summed E-state index contributed by atoms with van der Waals surface area (Å²) in [5.41, 5.74) is 1.14. The van der Waals surface area contributed by atoms with E-state index in [0.29, 0.717) is 13.2 Å². The van der Waals surface area contributed by atoms with Crippen molar-refractivity contribution >= 4 is 5.96 Å². The summed E-state index contributed by atoms with van der Waals surface area (Å²) >= 11 is 0. The van der Waals surface area contributed by atoms with Crippen LogP contribution in [0.2, 0.25) is 0 Å². The molecule has 140 valence electrons. The van der Waals surface area contributed by atoms with Gasteiger partial charge in [-0.3, -0.25) is 0 Å². The minimum absolute atomic E-state index is 0.645. The molecule has 1 heterocycles. The SMILES string of the molecule is CCNC(=NCc1ccccc1OCCN(C)C)N1CCC(C)CC1. The molecule has 1 saturated heterocycles. The van der Waals surface area contributed by atoms with Gasteiger partial charge in [0.15, 0.2) is 5.96 Å². The van der Waals surface area contributed by atoms with Crippen molar-refractivity contribution in [1.82, 2.24) is 15.1 Å². The maximum absolute atomic E-state index is 5.95. The monoisotopic (exact) mass is 346 g/mol. The van der Waals surface area contributed by atoms with E-state index in [1.165, 1.54) is 12.8 Å². The van der Waals surface area contributed by atoms with Gasteiger partial charge < -0.3 is 19.9 Å². The first-order chi connectivity index (χ1) is 12.1. The smallest absolute Gasteiger partial charge is 0.194 e. The van der Waals surface area contributed by atoms with Crippen LogP contribution >= 0.6 is 0 Å². The predicted octanol–water partition coefficient (Wildman–Crippen LogP) is 2.82. The van der Waals surface area contributed by atoms with Gasteiger partial charge in [0.25, 0.3) is 0 Å². The second-order valence-corrected chi connectivity index (χ2v) is 7.10. The van der Waals surface area contributed by atoms with Crippen molar-refractivity contribution in [1.29, 1.82) is 0 Å².